The Morgan fingerprint density at radius 3 is 2.82 bits per heavy atom. The molecule has 0 aliphatic carbocycles. The number of amides is 1. The molecular formula is C11H14F2N2O2. The van der Waals surface area contributed by atoms with Gasteiger partial charge in [-0.25, -0.2) is 8.78 Å². The lowest BCUT2D eigenvalue weighted by Gasteiger charge is -2.12. The molecule has 0 aliphatic rings. The van der Waals surface area contributed by atoms with Gasteiger partial charge in [0.15, 0.2) is 0 Å². The molecule has 1 atom stereocenters. The number of primary amides is 1. The lowest BCUT2D eigenvalue weighted by Crippen LogP contribution is -2.26. The molecule has 6 heteroatoms. The maximum absolute atomic E-state index is 13.2. The van der Waals surface area contributed by atoms with Crippen molar-refractivity contribution in [3.8, 4) is 0 Å². The second kappa shape index (κ2) is 6.27. The highest BCUT2D eigenvalue weighted by Crippen LogP contribution is 2.17. The Kier molecular flexibility index (Phi) is 4.99. The van der Waals surface area contributed by atoms with Crippen LogP contribution in [0.15, 0.2) is 18.2 Å². The summed E-state index contributed by atoms with van der Waals surface area (Å²) in [6.45, 7) is 0.303. The Morgan fingerprint density at radius 2 is 2.18 bits per heavy atom. The van der Waals surface area contributed by atoms with E-state index in [0.29, 0.717) is 0 Å². The highest BCUT2D eigenvalue weighted by molar-refractivity contribution is 5.73. The lowest BCUT2D eigenvalue weighted by molar-refractivity contribution is -0.117. The van der Waals surface area contributed by atoms with Crippen LogP contribution in [0.2, 0.25) is 0 Å². The summed E-state index contributed by atoms with van der Waals surface area (Å²) < 4.78 is 26.1. The van der Waals surface area contributed by atoms with Crippen molar-refractivity contribution < 1.29 is 18.7 Å². The summed E-state index contributed by atoms with van der Waals surface area (Å²) in [5, 5.41) is 12.3. The molecule has 17 heavy (non-hydrogen) atoms. The first-order valence-corrected chi connectivity index (χ1v) is 5.12. The summed E-state index contributed by atoms with van der Waals surface area (Å²) >= 11 is 0. The summed E-state index contributed by atoms with van der Waals surface area (Å²) in [6.07, 6.45) is -1.04. The number of halogens is 2. The van der Waals surface area contributed by atoms with E-state index < -0.39 is 23.6 Å². The third-order valence-electron chi connectivity index (χ3n) is 2.20. The van der Waals surface area contributed by atoms with Crippen molar-refractivity contribution in [1.82, 2.24) is 5.32 Å². The van der Waals surface area contributed by atoms with E-state index in [-0.39, 0.29) is 25.1 Å². The minimum atomic E-state index is -1.17. The molecule has 4 N–H and O–H groups in total. The zero-order chi connectivity index (χ0) is 12.8. The quantitative estimate of drug-likeness (QED) is 0.636. The average molecular weight is 244 g/mol. The van der Waals surface area contributed by atoms with Gasteiger partial charge in [0.1, 0.15) is 11.6 Å². The second-order valence-corrected chi connectivity index (χ2v) is 3.60. The van der Waals surface area contributed by atoms with Crippen LogP contribution in [-0.4, -0.2) is 24.1 Å². The van der Waals surface area contributed by atoms with Crippen LogP contribution in [0.3, 0.4) is 0 Å². The molecule has 0 aromatic heterocycles. The summed E-state index contributed by atoms with van der Waals surface area (Å²) in [4.78, 5) is 10.4. The fraction of sp³-hybridized carbons (Fsp3) is 0.364. The number of hydrogen-bond donors (Lipinski definition) is 3. The monoisotopic (exact) mass is 244 g/mol. The number of benzene rings is 1. The molecule has 1 unspecified atom stereocenters. The molecular weight excluding hydrogens is 230 g/mol. The predicted molar refractivity (Wildman–Crippen MR) is 58.0 cm³/mol. The van der Waals surface area contributed by atoms with Crippen LogP contribution >= 0.6 is 0 Å². The Balaban J connectivity index is 2.49. The first-order valence-electron chi connectivity index (χ1n) is 5.12. The Morgan fingerprint density at radius 1 is 1.47 bits per heavy atom. The van der Waals surface area contributed by atoms with Gasteiger partial charge in [-0.3, -0.25) is 4.79 Å². The van der Waals surface area contributed by atoms with E-state index in [1.807, 2.05) is 0 Å². The summed E-state index contributed by atoms with van der Waals surface area (Å²) in [7, 11) is 0. The number of nitrogens with two attached hydrogens (primary N) is 1. The fourth-order valence-electron chi connectivity index (χ4n) is 1.33. The Labute approximate surface area is 97.4 Å². The van der Waals surface area contributed by atoms with E-state index in [4.69, 9.17) is 5.73 Å². The minimum absolute atomic E-state index is 0.0215. The van der Waals surface area contributed by atoms with E-state index in [1.54, 1.807) is 0 Å². The van der Waals surface area contributed by atoms with Crippen LogP contribution in [0, 0.1) is 11.6 Å². The molecule has 1 aromatic carbocycles. The maximum atomic E-state index is 13.2. The highest BCUT2D eigenvalue weighted by atomic mass is 19.1. The van der Waals surface area contributed by atoms with Gasteiger partial charge >= 0.3 is 0 Å². The van der Waals surface area contributed by atoms with Gasteiger partial charge in [-0.15, -0.1) is 0 Å². The molecule has 0 bridgehead atoms. The van der Waals surface area contributed by atoms with Gasteiger partial charge in [0.25, 0.3) is 0 Å². The maximum Gasteiger partial charge on any atom is 0.218 e. The summed E-state index contributed by atoms with van der Waals surface area (Å²) in [6, 6.07) is 2.87. The van der Waals surface area contributed by atoms with Crippen molar-refractivity contribution in [3.63, 3.8) is 0 Å². The molecule has 94 valence electrons. The van der Waals surface area contributed by atoms with Crippen molar-refractivity contribution in [1.29, 1.82) is 0 Å². The van der Waals surface area contributed by atoms with Crippen LogP contribution in [0.25, 0.3) is 0 Å². The third kappa shape index (κ3) is 4.46. The SMILES string of the molecule is NC(=O)CCNCC(O)c1cc(F)ccc1F. The fourth-order valence-corrected chi connectivity index (χ4v) is 1.33. The number of aliphatic hydroxyl groups is 1. The van der Waals surface area contributed by atoms with Gasteiger partial charge in [-0.05, 0) is 18.2 Å². The van der Waals surface area contributed by atoms with Gasteiger partial charge in [0, 0.05) is 25.1 Å². The van der Waals surface area contributed by atoms with Crippen molar-refractivity contribution in [3.05, 3.63) is 35.4 Å². The van der Waals surface area contributed by atoms with Crippen LogP contribution in [0.5, 0.6) is 0 Å². The van der Waals surface area contributed by atoms with E-state index in [0.717, 1.165) is 18.2 Å². The van der Waals surface area contributed by atoms with Crippen LogP contribution in [0.4, 0.5) is 8.78 Å². The number of hydrogen-bond acceptors (Lipinski definition) is 3. The molecule has 1 rings (SSSR count). The first kappa shape index (κ1) is 13.5. The zero-order valence-corrected chi connectivity index (χ0v) is 9.12. The van der Waals surface area contributed by atoms with Gasteiger partial charge in [-0.2, -0.15) is 0 Å². The largest absolute Gasteiger partial charge is 0.387 e. The second-order valence-electron chi connectivity index (χ2n) is 3.60. The Hall–Kier alpha value is -1.53. The van der Waals surface area contributed by atoms with Gasteiger partial charge in [0.05, 0.1) is 6.10 Å². The predicted octanol–water partition coefficient (Wildman–Crippen LogP) is 0.463. The molecule has 0 heterocycles. The molecule has 0 saturated carbocycles. The molecule has 0 aliphatic heterocycles. The molecule has 0 spiro atoms. The standard InChI is InChI=1S/C11H14F2N2O2/c12-7-1-2-9(13)8(5-7)10(16)6-15-4-3-11(14)17/h1-2,5,10,15-16H,3-4,6H2,(H2,14,17). The topological polar surface area (TPSA) is 75.4 Å². The smallest absolute Gasteiger partial charge is 0.218 e. The van der Waals surface area contributed by atoms with E-state index in [9.17, 15) is 18.7 Å². The van der Waals surface area contributed by atoms with E-state index >= 15 is 0 Å². The molecule has 1 aromatic rings. The highest BCUT2D eigenvalue weighted by Gasteiger charge is 2.13. The minimum Gasteiger partial charge on any atom is -0.387 e. The van der Waals surface area contributed by atoms with Gasteiger partial charge in [0.2, 0.25) is 5.91 Å². The number of rotatable bonds is 6. The third-order valence-corrected chi connectivity index (χ3v) is 2.20. The van der Waals surface area contributed by atoms with Crippen LogP contribution in [0.1, 0.15) is 18.1 Å². The lowest BCUT2D eigenvalue weighted by atomic mass is 10.1. The molecule has 0 radical (unpaired) electrons. The number of nitrogens with one attached hydrogen (secondary N) is 1. The van der Waals surface area contributed by atoms with Gasteiger partial charge < -0.3 is 16.2 Å². The van der Waals surface area contributed by atoms with E-state index in [2.05, 4.69) is 5.32 Å². The summed E-state index contributed by atoms with van der Waals surface area (Å²) in [5.74, 6) is -1.75. The normalized spacial score (nSPS) is 12.4. The van der Waals surface area contributed by atoms with Crippen molar-refractivity contribution in [2.75, 3.05) is 13.1 Å². The zero-order valence-electron chi connectivity index (χ0n) is 9.12. The average Bonchev–Trinajstić information content (AvgIpc) is 2.27. The molecule has 0 fully saturated rings. The molecule has 0 saturated heterocycles. The van der Waals surface area contributed by atoms with Crippen molar-refractivity contribution in [2.24, 2.45) is 5.73 Å². The number of carbonyl (C=O) groups excluding carboxylic acids is 1. The van der Waals surface area contributed by atoms with Crippen molar-refractivity contribution >= 4 is 5.91 Å². The van der Waals surface area contributed by atoms with E-state index in [1.165, 1.54) is 0 Å². The number of aliphatic hydroxyl groups excluding tert-OH is 1. The van der Waals surface area contributed by atoms with Crippen molar-refractivity contribution in [2.45, 2.75) is 12.5 Å². The van der Waals surface area contributed by atoms with Crippen LogP contribution < -0.4 is 11.1 Å². The molecule has 1 amide bonds. The number of carbonyl (C=O) groups is 1. The van der Waals surface area contributed by atoms with Crippen LogP contribution in [-0.2, 0) is 4.79 Å². The molecule has 4 nitrogen and oxygen atoms in total. The Bertz CT molecular complexity index is 399. The van der Waals surface area contributed by atoms with Gasteiger partial charge in [-0.1, -0.05) is 0 Å². The first-order chi connectivity index (χ1) is 8.00. The summed E-state index contributed by atoms with van der Waals surface area (Å²) in [5.41, 5.74) is 4.80.